The Kier molecular flexibility index (Phi) is 9.81. The molecule has 0 radical (unpaired) electrons. The number of ether oxygens (including phenoxy) is 1. The van der Waals surface area contributed by atoms with Crippen LogP contribution in [-0.4, -0.2) is 55.2 Å². The second kappa shape index (κ2) is 12.6. The van der Waals surface area contributed by atoms with Crippen LogP contribution < -0.4 is 15.4 Å². The molecule has 13 heteroatoms. The molecule has 3 atom stereocenters. The van der Waals surface area contributed by atoms with E-state index in [2.05, 4.69) is 30.0 Å². The maximum atomic E-state index is 13.8. The summed E-state index contributed by atoms with van der Waals surface area (Å²) in [5.41, 5.74) is 1.70. The number of hydrogen-bond donors (Lipinski definition) is 2. The van der Waals surface area contributed by atoms with Crippen LogP contribution >= 0.6 is 9.24 Å². The monoisotopic (exact) mass is 565 g/mol. The lowest BCUT2D eigenvalue weighted by Gasteiger charge is -2.17. The number of amides is 2. The number of anilines is 2. The van der Waals surface area contributed by atoms with E-state index in [1.54, 1.807) is 25.1 Å². The Balaban J connectivity index is 2.00. The summed E-state index contributed by atoms with van der Waals surface area (Å²) in [6, 6.07) is 7.54. The summed E-state index contributed by atoms with van der Waals surface area (Å²) in [5, 5.41) is 8.36. The van der Waals surface area contributed by atoms with Crippen molar-refractivity contribution in [2.24, 2.45) is 0 Å². The van der Waals surface area contributed by atoms with Gasteiger partial charge in [0.1, 0.15) is 23.7 Å². The van der Waals surface area contributed by atoms with Crippen LogP contribution in [0.3, 0.4) is 0 Å². The van der Waals surface area contributed by atoms with Crippen LogP contribution in [0.4, 0.5) is 20.3 Å². The highest BCUT2D eigenvalue weighted by Gasteiger charge is 2.27. The first kappa shape index (κ1) is 29.5. The fraction of sp³-hybridized carbons (Fsp3) is 0.360. The number of benzene rings is 1. The van der Waals surface area contributed by atoms with Gasteiger partial charge in [-0.15, -0.1) is 0 Å². The molecule has 2 amide bonds. The molecule has 0 bridgehead atoms. The van der Waals surface area contributed by atoms with E-state index in [1.165, 1.54) is 30.0 Å². The van der Waals surface area contributed by atoms with Gasteiger partial charge in [0.05, 0.1) is 18.1 Å². The second-order valence-electron chi connectivity index (χ2n) is 8.73. The Bertz CT molecular complexity index is 1300. The zero-order valence-corrected chi connectivity index (χ0v) is 23.5. The van der Waals surface area contributed by atoms with Gasteiger partial charge in [0, 0.05) is 5.69 Å². The SMILES string of the molecule is CCc1cc(OCC(C)(F)P)ccc1NC(=O)c1c(CC)nn(-c2ccc(F)cn2)c1NC(=O)C[S+](C)[O-]. The highest BCUT2D eigenvalue weighted by molar-refractivity contribution is 7.91. The topological polar surface area (TPSA) is 121 Å². The Labute approximate surface area is 225 Å². The molecule has 2 aromatic heterocycles. The Morgan fingerprint density at radius 2 is 1.95 bits per heavy atom. The third-order valence-electron chi connectivity index (χ3n) is 5.27. The molecule has 3 aromatic rings. The molecule has 0 saturated heterocycles. The average molecular weight is 566 g/mol. The quantitative estimate of drug-likeness (QED) is 0.267. The normalized spacial score (nSPS) is 13.5. The number of rotatable bonds is 11. The van der Waals surface area contributed by atoms with Crippen molar-refractivity contribution in [1.29, 1.82) is 0 Å². The minimum atomic E-state index is -1.58. The fourth-order valence-electron chi connectivity index (χ4n) is 3.56. The number of halogens is 2. The summed E-state index contributed by atoms with van der Waals surface area (Å²) in [5.74, 6) is -1.33. The molecule has 2 heterocycles. The highest BCUT2D eigenvalue weighted by atomic mass is 32.2. The largest absolute Gasteiger partial charge is 0.616 e. The first-order valence-electron chi connectivity index (χ1n) is 11.8. The lowest BCUT2D eigenvalue weighted by molar-refractivity contribution is -0.113. The predicted octanol–water partition coefficient (Wildman–Crippen LogP) is 4.04. The smallest absolute Gasteiger partial charge is 0.275 e. The molecule has 0 aliphatic heterocycles. The molecule has 204 valence electrons. The van der Waals surface area contributed by atoms with Gasteiger partial charge in [-0.1, -0.05) is 23.1 Å². The number of aryl methyl sites for hydroxylation is 2. The zero-order chi connectivity index (χ0) is 28.0. The van der Waals surface area contributed by atoms with Gasteiger partial charge in [0.2, 0.25) is 0 Å². The van der Waals surface area contributed by atoms with Crippen molar-refractivity contribution in [3.05, 3.63) is 59.2 Å². The number of pyridine rings is 1. The van der Waals surface area contributed by atoms with Crippen LogP contribution in [0.1, 0.15) is 42.4 Å². The van der Waals surface area contributed by atoms with E-state index >= 15 is 0 Å². The molecule has 0 aliphatic carbocycles. The molecule has 9 nitrogen and oxygen atoms in total. The third kappa shape index (κ3) is 7.72. The minimum absolute atomic E-state index is 0.0228. The van der Waals surface area contributed by atoms with Gasteiger partial charge >= 0.3 is 0 Å². The van der Waals surface area contributed by atoms with Crippen LogP contribution in [0, 0.1) is 5.82 Å². The van der Waals surface area contributed by atoms with E-state index in [9.17, 15) is 22.9 Å². The first-order valence-corrected chi connectivity index (χ1v) is 14.1. The number of alkyl halides is 1. The minimum Gasteiger partial charge on any atom is -0.616 e. The van der Waals surface area contributed by atoms with Crippen molar-refractivity contribution in [1.82, 2.24) is 14.8 Å². The number of nitrogens with zero attached hydrogens (tertiary/aromatic N) is 3. The number of carbonyl (C=O) groups is 2. The second-order valence-corrected chi connectivity index (χ2v) is 11.4. The van der Waals surface area contributed by atoms with Gasteiger partial charge < -0.3 is 19.9 Å². The first-order chi connectivity index (χ1) is 17.9. The zero-order valence-electron chi connectivity index (χ0n) is 21.5. The van der Waals surface area contributed by atoms with Crippen molar-refractivity contribution in [3.63, 3.8) is 0 Å². The fourth-order valence-corrected chi connectivity index (χ4v) is 4.08. The van der Waals surface area contributed by atoms with Crippen LogP contribution in [0.25, 0.3) is 5.82 Å². The van der Waals surface area contributed by atoms with Gasteiger partial charge in [-0.3, -0.25) is 9.59 Å². The molecule has 38 heavy (non-hydrogen) atoms. The van der Waals surface area contributed by atoms with Gasteiger partial charge in [-0.05, 0) is 66.8 Å². The van der Waals surface area contributed by atoms with E-state index in [-0.39, 0.29) is 29.6 Å². The van der Waals surface area contributed by atoms with Crippen LogP contribution in [0.5, 0.6) is 5.75 Å². The molecule has 0 spiro atoms. The van der Waals surface area contributed by atoms with Crippen molar-refractivity contribution in [3.8, 4) is 11.6 Å². The summed E-state index contributed by atoms with van der Waals surface area (Å²) >= 11 is -1.43. The Hall–Kier alpha value is -3.08. The van der Waals surface area contributed by atoms with Crippen molar-refractivity contribution < 1.29 is 27.7 Å². The van der Waals surface area contributed by atoms with E-state index in [0.29, 0.717) is 30.0 Å². The molecule has 3 unspecified atom stereocenters. The summed E-state index contributed by atoms with van der Waals surface area (Å²) < 4.78 is 45.7. The van der Waals surface area contributed by atoms with Crippen LogP contribution in [-0.2, 0) is 28.8 Å². The summed E-state index contributed by atoms with van der Waals surface area (Å²) in [7, 11) is 2.07. The molecule has 2 N–H and O–H groups in total. The summed E-state index contributed by atoms with van der Waals surface area (Å²) in [6.45, 7) is 4.92. The van der Waals surface area contributed by atoms with Gasteiger partial charge in [-0.2, -0.15) is 9.78 Å². The van der Waals surface area contributed by atoms with Crippen molar-refractivity contribution >= 4 is 43.7 Å². The predicted molar refractivity (Wildman–Crippen MR) is 147 cm³/mol. The highest BCUT2D eigenvalue weighted by Crippen LogP contribution is 2.29. The standard InChI is InChI=1S/C25H30F2N5O4PS/c1-5-15-11-17(36-14-25(3,27)37)8-9-19(15)29-24(34)22-18(6-2)31-32(20-10-7-16(26)12-28-20)23(22)30-21(33)13-38(4)35/h7-12H,5-6,13-14,37H2,1-4H3,(H,29,34)(H,30,33). The summed E-state index contributed by atoms with van der Waals surface area (Å²) in [6.07, 6.45) is 3.27. The maximum Gasteiger partial charge on any atom is 0.275 e. The Morgan fingerprint density at radius 3 is 2.53 bits per heavy atom. The maximum absolute atomic E-state index is 13.8. The molecular weight excluding hydrogens is 535 g/mol. The number of carbonyl (C=O) groups excluding carboxylic acids is 2. The van der Waals surface area contributed by atoms with Crippen molar-refractivity contribution in [2.75, 3.05) is 29.2 Å². The van der Waals surface area contributed by atoms with E-state index in [4.69, 9.17) is 4.74 Å². The number of hydrogen-bond acceptors (Lipinski definition) is 6. The Morgan fingerprint density at radius 1 is 1.21 bits per heavy atom. The van der Waals surface area contributed by atoms with Gasteiger partial charge in [-0.25, -0.2) is 13.8 Å². The lowest BCUT2D eigenvalue weighted by Crippen LogP contribution is -2.25. The lowest BCUT2D eigenvalue weighted by atomic mass is 10.1. The molecule has 1 aromatic carbocycles. The van der Waals surface area contributed by atoms with Crippen molar-refractivity contribution in [2.45, 2.75) is 39.0 Å². The third-order valence-corrected chi connectivity index (χ3v) is 6.10. The van der Waals surface area contributed by atoms with Crippen LogP contribution in [0.2, 0.25) is 0 Å². The number of nitrogens with one attached hydrogen (secondary N) is 2. The molecule has 3 rings (SSSR count). The van der Waals surface area contributed by atoms with Gasteiger partial charge in [0.25, 0.3) is 11.8 Å². The molecular formula is C25H30F2N5O4PS. The molecule has 0 aliphatic rings. The number of aromatic nitrogens is 3. The van der Waals surface area contributed by atoms with E-state index < -0.39 is 34.2 Å². The molecule has 0 saturated carbocycles. The van der Waals surface area contributed by atoms with Gasteiger partial charge in [0.15, 0.2) is 22.8 Å². The van der Waals surface area contributed by atoms with E-state index in [1.807, 2.05) is 6.92 Å². The van der Waals surface area contributed by atoms with Crippen LogP contribution in [0.15, 0.2) is 36.5 Å². The molecule has 0 fully saturated rings. The summed E-state index contributed by atoms with van der Waals surface area (Å²) in [4.78, 5) is 30.2. The van der Waals surface area contributed by atoms with E-state index in [0.717, 1.165) is 11.8 Å². The average Bonchev–Trinajstić information content (AvgIpc) is 3.20.